The summed E-state index contributed by atoms with van der Waals surface area (Å²) in [7, 11) is 0. The van der Waals surface area contributed by atoms with Gasteiger partial charge in [-0.15, -0.1) is 0 Å². The zero-order valence-electron chi connectivity index (χ0n) is 24.6. The molecule has 0 aliphatic heterocycles. The maximum atomic E-state index is 11.7. The SMILES string of the molecule is CCCCCCCCCCCCCCCC(=O)OOC(=O)CCCCCCCCC(=O)OOC(=O)CCC(=O)O. The smallest absolute Gasteiger partial charge is 0.356 e. The summed E-state index contributed by atoms with van der Waals surface area (Å²) in [5, 5.41) is 8.46. The molecule has 0 saturated carbocycles. The summed E-state index contributed by atoms with van der Waals surface area (Å²) < 4.78 is 0. The first-order valence-electron chi connectivity index (χ1n) is 15.4. The second-order valence-corrected chi connectivity index (χ2v) is 10.3. The lowest BCUT2D eigenvalue weighted by Crippen LogP contribution is -2.12. The molecular weight excluding hydrogens is 520 g/mol. The average molecular weight is 573 g/mol. The molecule has 0 spiro atoms. The molecule has 10 heteroatoms. The van der Waals surface area contributed by atoms with Gasteiger partial charge in [0.2, 0.25) is 0 Å². The van der Waals surface area contributed by atoms with E-state index in [1.807, 2.05) is 0 Å². The molecule has 0 radical (unpaired) electrons. The summed E-state index contributed by atoms with van der Waals surface area (Å²) >= 11 is 0. The quantitative estimate of drug-likeness (QED) is 0.0630. The minimum Gasteiger partial charge on any atom is -0.481 e. The molecule has 0 heterocycles. The molecule has 232 valence electrons. The molecule has 0 aliphatic rings. The number of aliphatic carboxylic acids is 1. The first-order valence-corrected chi connectivity index (χ1v) is 15.4. The maximum absolute atomic E-state index is 11.7. The lowest BCUT2D eigenvalue weighted by atomic mass is 10.0. The maximum Gasteiger partial charge on any atom is 0.356 e. The standard InChI is InChI=1S/C30H52O10/c1-2-3-4-5-6-7-8-9-10-11-12-15-18-21-27(33)37-38-28(34)22-19-16-13-14-17-20-23-29(35)39-40-30(36)25-24-26(31)32/h2-25H2,1H3,(H,31,32). The first kappa shape index (κ1) is 37.4. The van der Waals surface area contributed by atoms with Gasteiger partial charge >= 0.3 is 29.8 Å². The van der Waals surface area contributed by atoms with Crippen LogP contribution in [0.1, 0.15) is 161 Å². The van der Waals surface area contributed by atoms with Crippen molar-refractivity contribution in [1.29, 1.82) is 0 Å². The highest BCUT2D eigenvalue weighted by atomic mass is 17.2. The molecule has 0 bridgehead atoms. The highest BCUT2D eigenvalue weighted by molar-refractivity contribution is 5.77. The van der Waals surface area contributed by atoms with E-state index in [1.165, 1.54) is 64.2 Å². The Hall–Kier alpha value is -2.65. The fourth-order valence-corrected chi connectivity index (χ4v) is 4.09. The van der Waals surface area contributed by atoms with Crippen molar-refractivity contribution >= 4 is 29.8 Å². The van der Waals surface area contributed by atoms with E-state index in [4.69, 9.17) is 5.11 Å². The van der Waals surface area contributed by atoms with Crippen LogP contribution in [0, 0.1) is 0 Å². The molecule has 0 aromatic carbocycles. The van der Waals surface area contributed by atoms with Crippen LogP contribution in [0.15, 0.2) is 0 Å². The van der Waals surface area contributed by atoms with Gasteiger partial charge in [-0.2, -0.15) is 0 Å². The van der Waals surface area contributed by atoms with Crippen LogP contribution in [0.3, 0.4) is 0 Å². The Bertz CT molecular complexity index is 692. The molecule has 0 aromatic rings. The average Bonchev–Trinajstić information content (AvgIpc) is 2.93. The van der Waals surface area contributed by atoms with Crippen molar-refractivity contribution in [2.24, 2.45) is 0 Å². The van der Waals surface area contributed by atoms with E-state index in [0.717, 1.165) is 44.9 Å². The molecule has 10 nitrogen and oxygen atoms in total. The van der Waals surface area contributed by atoms with Gasteiger partial charge in [-0.25, -0.2) is 38.7 Å². The minimum atomic E-state index is -1.14. The summed E-state index contributed by atoms with van der Waals surface area (Å²) in [5.41, 5.74) is 0. The molecular formula is C30H52O10. The predicted molar refractivity (Wildman–Crippen MR) is 148 cm³/mol. The molecule has 0 saturated heterocycles. The van der Waals surface area contributed by atoms with Crippen LogP contribution >= 0.6 is 0 Å². The van der Waals surface area contributed by atoms with Crippen LogP contribution < -0.4 is 0 Å². The number of unbranched alkanes of at least 4 members (excludes halogenated alkanes) is 17. The van der Waals surface area contributed by atoms with E-state index >= 15 is 0 Å². The van der Waals surface area contributed by atoms with Gasteiger partial charge in [0.25, 0.3) is 0 Å². The van der Waals surface area contributed by atoms with E-state index in [9.17, 15) is 24.0 Å². The minimum absolute atomic E-state index is 0.0865. The Morgan fingerprint density at radius 1 is 0.375 bits per heavy atom. The Kier molecular flexibility index (Phi) is 26.1. The Morgan fingerprint density at radius 3 is 0.900 bits per heavy atom. The number of carboxylic acids is 1. The van der Waals surface area contributed by atoms with Crippen molar-refractivity contribution in [3.63, 3.8) is 0 Å². The largest absolute Gasteiger partial charge is 0.481 e. The molecule has 0 aromatic heterocycles. The van der Waals surface area contributed by atoms with E-state index < -0.39 is 36.3 Å². The molecule has 40 heavy (non-hydrogen) atoms. The van der Waals surface area contributed by atoms with E-state index in [2.05, 4.69) is 26.5 Å². The van der Waals surface area contributed by atoms with Crippen molar-refractivity contribution in [2.75, 3.05) is 0 Å². The van der Waals surface area contributed by atoms with Gasteiger partial charge in [-0.05, 0) is 19.3 Å². The third-order valence-corrected chi connectivity index (χ3v) is 6.49. The molecule has 0 aliphatic carbocycles. The molecule has 0 fully saturated rings. The van der Waals surface area contributed by atoms with Crippen LogP contribution in [-0.4, -0.2) is 35.0 Å². The van der Waals surface area contributed by atoms with E-state index in [-0.39, 0.29) is 25.7 Å². The number of hydrogen-bond acceptors (Lipinski definition) is 9. The Morgan fingerprint density at radius 2 is 0.625 bits per heavy atom. The van der Waals surface area contributed by atoms with Crippen molar-refractivity contribution in [3.05, 3.63) is 0 Å². The van der Waals surface area contributed by atoms with Crippen molar-refractivity contribution in [2.45, 2.75) is 161 Å². The zero-order valence-corrected chi connectivity index (χ0v) is 24.6. The normalized spacial score (nSPS) is 10.6. The fraction of sp³-hybridized carbons (Fsp3) is 0.833. The van der Waals surface area contributed by atoms with Crippen LogP contribution in [0.2, 0.25) is 0 Å². The van der Waals surface area contributed by atoms with Gasteiger partial charge in [0.15, 0.2) is 0 Å². The highest BCUT2D eigenvalue weighted by Crippen LogP contribution is 2.14. The first-order chi connectivity index (χ1) is 19.3. The Balaban J connectivity index is 3.43. The second kappa shape index (κ2) is 27.9. The van der Waals surface area contributed by atoms with Crippen LogP contribution in [0.5, 0.6) is 0 Å². The van der Waals surface area contributed by atoms with Crippen LogP contribution in [-0.2, 0) is 43.5 Å². The molecule has 0 rings (SSSR count). The van der Waals surface area contributed by atoms with Gasteiger partial charge in [0, 0.05) is 0 Å². The van der Waals surface area contributed by atoms with E-state index in [0.29, 0.717) is 12.8 Å². The molecule has 0 unspecified atom stereocenters. The topological polar surface area (TPSA) is 142 Å². The number of carboxylic acid groups (broad SMARTS) is 1. The number of rotatable bonds is 26. The van der Waals surface area contributed by atoms with Crippen molar-refractivity contribution < 1.29 is 48.6 Å². The predicted octanol–water partition coefficient (Wildman–Crippen LogP) is 7.46. The number of carbonyl (C=O) groups is 5. The second-order valence-electron chi connectivity index (χ2n) is 10.3. The van der Waals surface area contributed by atoms with Gasteiger partial charge in [0.1, 0.15) is 0 Å². The van der Waals surface area contributed by atoms with Gasteiger partial charge in [-0.3, -0.25) is 4.79 Å². The number of hydrogen-bond donors (Lipinski definition) is 1. The molecule has 1 N–H and O–H groups in total. The monoisotopic (exact) mass is 572 g/mol. The highest BCUT2D eigenvalue weighted by Gasteiger charge is 2.12. The summed E-state index contributed by atoms with van der Waals surface area (Å²) in [6.07, 6.45) is 20.2. The lowest BCUT2D eigenvalue weighted by molar-refractivity contribution is -0.259. The summed E-state index contributed by atoms with van der Waals surface area (Å²) in [4.78, 5) is 74.2. The van der Waals surface area contributed by atoms with Crippen LogP contribution in [0.4, 0.5) is 0 Å². The third-order valence-electron chi connectivity index (χ3n) is 6.49. The van der Waals surface area contributed by atoms with E-state index in [1.54, 1.807) is 0 Å². The fourth-order valence-electron chi connectivity index (χ4n) is 4.09. The van der Waals surface area contributed by atoms with Crippen molar-refractivity contribution in [3.8, 4) is 0 Å². The number of carbonyl (C=O) groups excluding carboxylic acids is 4. The lowest BCUT2D eigenvalue weighted by Gasteiger charge is -2.05. The zero-order chi connectivity index (χ0) is 29.7. The summed E-state index contributed by atoms with van der Waals surface area (Å²) in [5.74, 6) is -3.79. The Labute approximate surface area is 239 Å². The van der Waals surface area contributed by atoms with Gasteiger partial charge < -0.3 is 5.11 Å². The summed E-state index contributed by atoms with van der Waals surface area (Å²) in [6, 6.07) is 0. The van der Waals surface area contributed by atoms with Gasteiger partial charge in [0.05, 0.1) is 32.1 Å². The van der Waals surface area contributed by atoms with Crippen LogP contribution in [0.25, 0.3) is 0 Å². The third kappa shape index (κ3) is 28.4. The van der Waals surface area contributed by atoms with Gasteiger partial charge in [-0.1, -0.05) is 110 Å². The molecule has 0 atom stereocenters. The van der Waals surface area contributed by atoms with Crippen molar-refractivity contribution in [1.82, 2.24) is 0 Å². The summed E-state index contributed by atoms with van der Waals surface area (Å²) in [6.45, 7) is 2.24. The molecule has 0 amide bonds.